The Morgan fingerprint density at radius 2 is 0.479 bits per heavy atom. The third-order valence-electron chi connectivity index (χ3n) is 16.1. The molecule has 326 valence electrons. The zero-order chi connectivity index (χ0) is 46.5. The van der Waals surface area contributed by atoms with Crippen molar-refractivity contribution in [3.8, 4) is 89.0 Å². The van der Waals surface area contributed by atoms with Gasteiger partial charge in [-0.1, -0.05) is 218 Å². The van der Waals surface area contributed by atoms with Gasteiger partial charge >= 0.3 is 0 Å². The van der Waals surface area contributed by atoms with Crippen molar-refractivity contribution >= 4 is 75.4 Å². The average molecular weight is 895 g/mol. The van der Waals surface area contributed by atoms with Gasteiger partial charge in [-0.25, -0.2) is 0 Å². The Kier molecular flexibility index (Phi) is 7.91. The van der Waals surface area contributed by atoms with Crippen molar-refractivity contribution in [2.24, 2.45) is 0 Å². The molecule has 0 bridgehead atoms. The predicted octanol–water partition coefficient (Wildman–Crippen LogP) is 20.0. The Morgan fingerprint density at radius 3 is 0.817 bits per heavy atom. The molecule has 0 atom stereocenters. The summed E-state index contributed by atoms with van der Waals surface area (Å²) in [5.41, 5.74) is 21.9. The highest BCUT2D eigenvalue weighted by molar-refractivity contribution is 6.35. The van der Waals surface area contributed by atoms with Gasteiger partial charge in [-0.3, -0.25) is 0 Å². The Hall–Kier alpha value is -9.10. The maximum atomic E-state index is 2.48. The molecule has 0 saturated heterocycles. The van der Waals surface area contributed by atoms with E-state index in [1.165, 1.54) is 170 Å². The molecule has 0 radical (unpaired) electrons. The van der Waals surface area contributed by atoms with Crippen LogP contribution in [0.25, 0.3) is 164 Å². The fourth-order valence-electron chi connectivity index (χ4n) is 13.0. The Labute approximate surface area is 411 Å². The highest BCUT2D eigenvalue weighted by atomic mass is 14.4. The lowest BCUT2D eigenvalue weighted by Crippen LogP contribution is -1.95. The molecule has 2 aliphatic rings. The minimum absolute atomic E-state index is 1.24. The molecule has 14 aromatic rings. The normalized spacial score (nSPS) is 12.3. The molecule has 0 spiro atoms. The standard InChI is InChI=1S/C71H42/c1-41-22-31-56-61(36-41)65(53-30-26-45-15-5-9-19-49(45)40-53)71-60-35-34-58-66-57(32-33-59(67(60)66)70(71)64(56)52-29-25-44-14-4-8-18-48(44)39-52)68-62(50-27-23-42-12-2-6-16-46(42)37-50)54-20-10-11-21-55(54)63(69(58)68)51-28-24-43-13-3-7-17-47(43)38-51/h2-40H,1H3. The van der Waals surface area contributed by atoms with Crippen molar-refractivity contribution in [3.05, 3.63) is 242 Å². The highest BCUT2D eigenvalue weighted by Crippen LogP contribution is 2.64. The molecule has 0 aliphatic heterocycles. The molecule has 0 saturated carbocycles. The monoisotopic (exact) mass is 894 g/mol. The van der Waals surface area contributed by atoms with E-state index < -0.39 is 0 Å². The van der Waals surface area contributed by atoms with E-state index in [0.29, 0.717) is 0 Å². The first-order valence-electron chi connectivity index (χ1n) is 24.9. The number of rotatable bonds is 4. The molecule has 0 unspecified atom stereocenters. The van der Waals surface area contributed by atoms with E-state index in [-0.39, 0.29) is 0 Å². The first kappa shape index (κ1) is 38.8. The zero-order valence-corrected chi connectivity index (χ0v) is 39.0. The zero-order valence-electron chi connectivity index (χ0n) is 39.0. The summed E-state index contributed by atoms with van der Waals surface area (Å²) in [6.45, 7) is 2.24. The molecule has 0 N–H and O–H groups in total. The minimum atomic E-state index is 1.24. The summed E-state index contributed by atoms with van der Waals surface area (Å²) in [5.74, 6) is 0. The van der Waals surface area contributed by atoms with E-state index in [2.05, 4.69) is 244 Å². The topological polar surface area (TPSA) is 0 Å². The van der Waals surface area contributed by atoms with Crippen LogP contribution in [-0.2, 0) is 0 Å². The maximum absolute atomic E-state index is 2.48. The number of hydrogen-bond acceptors (Lipinski definition) is 0. The van der Waals surface area contributed by atoms with Crippen LogP contribution in [0.5, 0.6) is 0 Å². The minimum Gasteiger partial charge on any atom is -0.0616 e. The molecule has 0 aromatic heterocycles. The molecule has 14 aromatic carbocycles. The van der Waals surface area contributed by atoms with E-state index in [1.54, 1.807) is 0 Å². The van der Waals surface area contributed by atoms with E-state index in [9.17, 15) is 0 Å². The first-order chi connectivity index (χ1) is 35.1. The fourth-order valence-corrected chi connectivity index (χ4v) is 13.0. The average Bonchev–Trinajstić information content (AvgIpc) is 3.93. The predicted molar refractivity (Wildman–Crippen MR) is 304 cm³/mol. The summed E-state index contributed by atoms with van der Waals surface area (Å²) in [6, 6.07) is 89.7. The smallest absolute Gasteiger partial charge is 0.000740 e. The van der Waals surface area contributed by atoms with E-state index in [1.807, 2.05) is 0 Å². The molecule has 0 heterocycles. The number of hydrogen-bond donors (Lipinski definition) is 0. The number of aryl methyl sites for hydroxylation is 1. The number of benzene rings is 14. The van der Waals surface area contributed by atoms with E-state index >= 15 is 0 Å². The second-order valence-corrected chi connectivity index (χ2v) is 19.9. The van der Waals surface area contributed by atoms with Crippen LogP contribution in [0.1, 0.15) is 5.56 Å². The van der Waals surface area contributed by atoms with Gasteiger partial charge in [-0.15, -0.1) is 0 Å². The Bertz CT molecular complexity index is 4570. The van der Waals surface area contributed by atoms with Crippen molar-refractivity contribution in [1.29, 1.82) is 0 Å². The first-order valence-corrected chi connectivity index (χ1v) is 24.9. The van der Waals surface area contributed by atoms with Gasteiger partial charge in [0.15, 0.2) is 0 Å². The summed E-state index contributed by atoms with van der Waals surface area (Å²) in [6.07, 6.45) is 0. The maximum Gasteiger partial charge on any atom is -0.000740 e. The molecule has 0 nitrogen and oxygen atoms in total. The van der Waals surface area contributed by atoms with Gasteiger partial charge in [0.1, 0.15) is 0 Å². The molecule has 0 heteroatoms. The summed E-state index contributed by atoms with van der Waals surface area (Å²) < 4.78 is 0. The van der Waals surface area contributed by atoms with Crippen molar-refractivity contribution < 1.29 is 0 Å². The summed E-state index contributed by atoms with van der Waals surface area (Å²) in [4.78, 5) is 0. The third-order valence-corrected chi connectivity index (χ3v) is 16.1. The van der Waals surface area contributed by atoms with Crippen LogP contribution in [0.2, 0.25) is 0 Å². The van der Waals surface area contributed by atoms with Crippen LogP contribution in [0.4, 0.5) is 0 Å². The van der Waals surface area contributed by atoms with Gasteiger partial charge in [0, 0.05) is 0 Å². The second-order valence-electron chi connectivity index (χ2n) is 19.9. The molecular weight excluding hydrogens is 853 g/mol. The van der Waals surface area contributed by atoms with Gasteiger partial charge in [0.2, 0.25) is 0 Å². The fraction of sp³-hybridized carbons (Fsp3) is 0.0141. The van der Waals surface area contributed by atoms with Crippen LogP contribution < -0.4 is 0 Å². The van der Waals surface area contributed by atoms with Gasteiger partial charge < -0.3 is 0 Å². The van der Waals surface area contributed by atoms with Crippen molar-refractivity contribution in [1.82, 2.24) is 0 Å². The van der Waals surface area contributed by atoms with E-state index in [4.69, 9.17) is 0 Å². The molecule has 0 amide bonds. The summed E-state index contributed by atoms with van der Waals surface area (Å²) >= 11 is 0. The van der Waals surface area contributed by atoms with Crippen molar-refractivity contribution in [2.75, 3.05) is 0 Å². The Balaban J connectivity index is 1.07. The van der Waals surface area contributed by atoms with Crippen LogP contribution >= 0.6 is 0 Å². The lowest BCUT2D eigenvalue weighted by atomic mass is 9.81. The number of fused-ring (bicyclic) bond motifs is 12. The summed E-state index contributed by atoms with van der Waals surface area (Å²) in [5, 5.41) is 17.8. The summed E-state index contributed by atoms with van der Waals surface area (Å²) in [7, 11) is 0. The van der Waals surface area contributed by atoms with E-state index in [0.717, 1.165) is 0 Å². The highest BCUT2D eigenvalue weighted by Gasteiger charge is 2.37. The quantitative estimate of drug-likeness (QED) is 0.165. The van der Waals surface area contributed by atoms with Crippen LogP contribution in [-0.4, -0.2) is 0 Å². The molecule has 2 aliphatic carbocycles. The molecule has 0 fully saturated rings. The molecule has 71 heavy (non-hydrogen) atoms. The van der Waals surface area contributed by atoms with Gasteiger partial charge in [-0.2, -0.15) is 0 Å². The lowest BCUT2D eigenvalue weighted by Gasteiger charge is -2.22. The lowest BCUT2D eigenvalue weighted by molar-refractivity contribution is 1.50. The third kappa shape index (κ3) is 5.45. The van der Waals surface area contributed by atoms with Crippen molar-refractivity contribution in [3.63, 3.8) is 0 Å². The largest absolute Gasteiger partial charge is 0.0616 e. The van der Waals surface area contributed by atoms with Gasteiger partial charge in [0.05, 0.1) is 0 Å². The van der Waals surface area contributed by atoms with Gasteiger partial charge in [0.25, 0.3) is 0 Å². The van der Waals surface area contributed by atoms with Crippen molar-refractivity contribution in [2.45, 2.75) is 6.92 Å². The molecular formula is C71H42. The van der Waals surface area contributed by atoms with Crippen LogP contribution in [0, 0.1) is 6.92 Å². The van der Waals surface area contributed by atoms with Gasteiger partial charge in [-0.05, 0) is 196 Å². The Morgan fingerprint density at radius 1 is 0.197 bits per heavy atom. The van der Waals surface area contributed by atoms with Crippen LogP contribution in [0.3, 0.4) is 0 Å². The SMILES string of the molecule is Cc1ccc2c(-c3ccc4ccccc4c3)c3c(c(-c4ccc5ccccc5c4)c2c1)-c1ccc2c4c(ccc-3c14)-c1c-2c(-c2ccc3ccccc3c2)c2ccccc2c1-c1ccc2ccccc2c1. The second kappa shape index (κ2) is 14.5. The van der Waals surface area contributed by atoms with Crippen LogP contribution in [0.15, 0.2) is 237 Å². The molecule has 16 rings (SSSR count).